The molecule has 1 nitrogen and oxygen atoms in total. The van der Waals surface area contributed by atoms with E-state index in [0.717, 1.165) is 23.8 Å². The molecule has 2 saturated carbocycles. The van der Waals surface area contributed by atoms with Crippen LogP contribution in [0.2, 0.25) is 0 Å². The van der Waals surface area contributed by atoms with Crippen molar-refractivity contribution in [3.8, 4) is 0 Å². The van der Waals surface area contributed by atoms with Gasteiger partial charge in [-0.25, -0.2) is 0 Å². The predicted molar refractivity (Wildman–Crippen MR) is 61.3 cm³/mol. The van der Waals surface area contributed by atoms with Crippen LogP contribution in [0.25, 0.3) is 0 Å². The van der Waals surface area contributed by atoms with E-state index >= 15 is 0 Å². The van der Waals surface area contributed by atoms with Gasteiger partial charge in [-0.3, -0.25) is 0 Å². The van der Waals surface area contributed by atoms with E-state index in [1.165, 1.54) is 44.9 Å². The first-order valence-electron chi connectivity index (χ1n) is 6.54. The minimum Gasteiger partial charge on any atom is -0.316 e. The van der Waals surface area contributed by atoms with E-state index < -0.39 is 0 Å². The van der Waals surface area contributed by atoms with Crippen molar-refractivity contribution < 1.29 is 0 Å². The molecule has 2 aliphatic carbocycles. The molecule has 3 atom stereocenters. The van der Waals surface area contributed by atoms with E-state index in [0.29, 0.717) is 0 Å². The molecule has 0 saturated heterocycles. The maximum absolute atomic E-state index is 3.60. The Kier molecular flexibility index (Phi) is 3.48. The third kappa shape index (κ3) is 2.13. The third-order valence-corrected chi connectivity index (χ3v) is 4.42. The molecule has 0 heterocycles. The van der Waals surface area contributed by atoms with E-state index in [1.807, 2.05) is 0 Å². The molecule has 1 N–H and O–H groups in total. The van der Waals surface area contributed by atoms with Gasteiger partial charge in [0.05, 0.1) is 0 Å². The fourth-order valence-corrected chi connectivity index (χ4v) is 3.47. The minimum absolute atomic E-state index is 0.847. The lowest BCUT2D eigenvalue weighted by Gasteiger charge is -2.37. The monoisotopic (exact) mass is 195 g/mol. The summed E-state index contributed by atoms with van der Waals surface area (Å²) in [5.41, 5.74) is 0. The molecule has 2 aliphatic rings. The van der Waals surface area contributed by atoms with Crippen molar-refractivity contribution in [2.45, 2.75) is 57.9 Å². The Morgan fingerprint density at radius 2 is 1.86 bits per heavy atom. The van der Waals surface area contributed by atoms with Crippen LogP contribution >= 0.6 is 0 Å². The van der Waals surface area contributed by atoms with Crippen LogP contribution in [0.5, 0.6) is 0 Å². The normalized spacial score (nSPS) is 35.6. The lowest BCUT2D eigenvalue weighted by molar-refractivity contribution is 0.167. The van der Waals surface area contributed by atoms with E-state index in [4.69, 9.17) is 0 Å². The van der Waals surface area contributed by atoms with E-state index in [-0.39, 0.29) is 0 Å². The summed E-state index contributed by atoms with van der Waals surface area (Å²) in [7, 11) is 2.17. The van der Waals surface area contributed by atoms with Crippen LogP contribution in [-0.4, -0.2) is 13.1 Å². The van der Waals surface area contributed by atoms with E-state index in [9.17, 15) is 0 Å². The Morgan fingerprint density at radius 3 is 2.43 bits per heavy atom. The Balaban J connectivity index is 1.96. The molecule has 0 aromatic carbocycles. The summed E-state index contributed by atoms with van der Waals surface area (Å²) in [5, 5.41) is 3.60. The summed E-state index contributed by atoms with van der Waals surface area (Å²) < 4.78 is 0. The fourth-order valence-electron chi connectivity index (χ4n) is 3.47. The quantitative estimate of drug-likeness (QED) is 0.726. The summed E-state index contributed by atoms with van der Waals surface area (Å²) in [6.45, 7) is 2.38. The molecular weight excluding hydrogens is 170 g/mol. The molecule has 1 heteroatoms. The zero-order valence-corrected chi connectivity index (χ0v) is 9.76. The largest absolute Gasteiger partial charge is 0.316 e. The predicted octanol–water partition coefficient (Wildman–Crippen LogP) is 3.20. The van der Waals surface area contributed by atoms with E-state index in [2.05, 4.69) is 19.3 Å². The van der Waals surface area contributed by atoms with Crippen LogP contribution in [-0.2, 0) is 0 Å². The summed E-state index contributed by atoms with van der Waals surface area (Å²) in [6.07, 6.45) is 10.3. The summed E-state index contributed by atoms with van der Waals surface area (Å²) in [4.78, 5) is 0. The first-order chi connectivity index (χ1) is 6.86. The lowest BCUT2D eigenvalue weighted by atomic mass is 9.73. The maximum Gasteiger partial charge on any atom is 0.0123 e. The van der Waals surface area contributed by atoms with Gasteiger partial charge < -0.3 is 5.32 Å². The van der Waals surface area contributed by atoms with Crippen molar-refractivity contribution in [2.75, 3.05) is 7.05 Å². The lowest BCUT2D eigenvalue weighted by Crippen LogP contribution is -2.40. The van der Waals surface area contributed by atoms with Gasteiger partial charge in [-0.1, -0.05) is 32.6 Å². The van der Waals surface area contributed by atoms with Crippen molar-refractivity contribution in [3.05, 3.63) is 0 Å². The summed E-state index contributed by atoms with van der Waals surface area (Å²) >= 11 is 0. The highest BCUT2D eigenvalue weighted by atomic mass is 14.9. The fraction of sp³-hybridized carbons (Fsp3) is 1.00. The smallest absolute Gasteiger partial charge is 0.0123 e. The van der Waals surface area contributed by atoms with Crippen molar-refractivity contribution >= 4 is 0 Å². The Bertz CT molecular complexity index is 174. The van der Waals surface area contributed by atoms with Gasteiger partial charge in [0.2, 0.25) is 0 Å². The topological polar surface area (TPSA) is 12.0 Å². The molecule has 0 radical (unpaired) electrons. The number of nitrogens with one attached hydrogen (secondary N) is 1. The van der Waals surface area contributed by atoms with Gasteiger partial charge in [0.15, 0.2) is 0 Å². The molecule has 3 unspecified atom stereocenters. The van der Waals surface area contributed by atoms with Gasteiger partial charge in [-0.2, -0.15) is 0 Å². The van der Waals surface area contributed by atoms with Crippen LogP contribution in [0.1, 0.15) is 51.9 Å². The average molecular weight is 195 g/mol. The third-order valence-electron chi connectivity index (χ3n) is 4.42. The van der Waals surface area contributed by atoms with Crippen LogP contribution in [0.15, 0.2) is 0 Å². The number of hydrogen-bond donors (Lipinski definition) is 1. The van der Waals surface area contributed by atoms with Crippen molar-refractivity contribution in [1.29, 1.82) is 0 Å². The zero-order chi connectivity index (χ0) is 9.97. The van der Waals surface area contributed by atoms with E-state index in [1.54, 1.807) is 0 Å². The van der Waals surface area contributed by atoms with Gasteiger partial charge in [-0.15, -0.1) is 0 Å². The average Bonchev–Trinajstić information content (AvgIpc) is 3.04. The minimum atomic E-state index is 0.847. The Labute approximate surface area is 88.7 Å². The van der Waals surface area contributed by atoms with Gasteiger partial charge in [-0.05, 0) is 44.1 Å². The summed E-state index contributed by atoms with van der Waals surface area (Å²) in [5.74, 6) is 3.03. The number of rotatable bonds is 4. The zero-order valence-electron chi connectivity index (χ0n) is 9.76. The first-order valence-corrected chi connectivity index (χ1v) is 6.54. The van der Waals surface area contributed by atoms with Crippen LogP contribution in [0.4, 0.5) is 0 Å². The van der Waals surface area contributed by atoms with Gasteiger partial charge in [0.25, 0.3) is 0 Å². The standard InChI is InChI=1S/C13H25N/c1-3-10-6-4-5-7-12(10)13(14-2)11-8-9-11/h10-14H,3-9H2,1-2H3. The molecule has 0 spiro atoms. The summed E-state index contributed by atoms with van der Waals surface area (Å²) in [6, 6.07) is 0.847. The Hall–Kier alpha value is -0.0400. The molecular formula is C13H25N. The van der Waals surface area contributed by atoms with Crippen molar-refractivity contribution in [3.63, 3.8) is 0 Å². The van der Waals surface area contributed by atoms with Crippen molar-refractivity contribution in [1.82, 2.24) is 5.32 Å². The highest BCUT2D eigenvalue weighted by Gasteiger charge is 2.39. The van der Waals surface area contributed by atoms with Gasteiger partial charge >= 0.3 is 0 Å². The second-order valence-corrected chi connectivity index (χ2v) is 5.27. The maximum atomic E-state index is 3.60. The van der Waals surface area contributed by atoms with Crippen molar-refractivity contribution in [2.24, 2.45) is 17.8 Å². The first kappa shape index (κ1) is 10.5. The highest BCUT2D eigenvalue weighted by Crippen LogP contribution is 2.43. The molecule has 0 aromatic heterocycles. The second-order valence-electron chi connectivity index (χ2n) is 5.27. The molecule has 0 amide bonds. The molecule has 82 valence electrons. The highest BCUT2D eigenvalue weighted by molar-refractivity contribution is 4.93. The molecule has 0 aliphatic heterocycles. The van der Waals surface area contributed by atoms with Gasteiger partial charge in [0.1, 0.15) is 0 Å². The SMILES string of the molecule is CCC1CCCCC1C(NC)C1CC1. The van der Waals surface area contributed by atoms with Crippen LogP contribution in [0.3, 0.4) is 0 Å². The number of hydrogen-bond acceptors (Lipinski definition) is 1. The van der Waals surface area contributed by atoms with Crippen LogP contribution < -0.4 is 5.32 Å². The molecule has 2 fully saturated rings. The molecule has 14 heavy (non-hydrogen) atoms. The second kappa shape index (κ2) is 4.65. The molecule has 0 aromatic rings. The van der Waals surface area contributed by atoms with Gasteiger partial charge in [0, 0.05) is 6.04 Å². The Morgan fingerprint density at radius 1 is 1.14 bits per heavy atom. The van der Waals surface area contributed by atoms with Crippen LogP contribution in [0, 0.1) is 17.8 Å². The molecule has 2 rings (SSSR count). The molecule has 0 bridgehead atoms.